The minimum absolute atomic E-state index is 0.0802. The summed E-state index contributed by atoms with van der Waals surface area (Å²) in [5, 5.41) is 0. The minimum atomic E-state index is -1.74. The molecule has 3 nitrogen and oxygen atoms in total. The summed E-state index contributed by atoms with van der Waals surface area (Å²) >= 11 is 0. The third kappa shape index (κ3) is 2.84. The fourth-order valence-electron chi connectivity index (χ4n) is 7.03. The van der Waals surface area contributed by atoms with E-state index in [9.17, 15) is 4.79 Å². The lowest BCUT2D eigenvalue weighted by Crippen LogP contribution is -2.49. The molecule has 1 saturated heterocycles. The number of benzene rings is 2. The van der Waals surface area contributed by atoms with Gasteiger partial charge >= 0.3 is 0 Å². The van der Waals surface area contributed by atoms with Crippen LogP contribution in [0.1, 0.15) is 53.5 Å². The summed E-state index contributed by atoms with van der Waals surface area (Å²) in [6.45, 7) is 15.1. The number of rotatable bonds is 5. The van der Waals surface area contributed by atoms with Crippen molar-refractivity contribution in [3.63, 3.8) is 0 Å². The normalized spacial score (nSPS) is 24.0. The lowest BCUT2D eigenvalue weighted by Gasteiger charge is -2.47. The molecular formula is C26H35NO2Si. The van der Waals surface area contributed by atoms with Crippen LogP contribution in [0.5, 0.6) is 0 Å². The van der Waals surface area contributed by atoms with E-state index < -0.39 is 13.7 Å². The summed E-state index contributed by atoms with van der Waals surface area (Å²) in [4.78, 5) is 15.9. The zero-order valence-electron chi connectivity index (χ0n) is 19.2. The molecular weight excluding hydrogens is 386 g/mol. The lowest BCUT2D eigenvalue weighted by molar-refractivity contribution is -0.137. The quantitative estimate of drug-likeness (QED) is 0.485. The highest BCUT2D eigenvalue weighted by Crippen LogP contribution is 2.60. The molecule has 0 saturated carbocycles. The molecule has 4 rings (SSSR count). The van der Waals surface area contributed by atoms with Crippen molar-refractivity contribution in [2.45, 2.75) is 75.7 Å². The summed E-state index contributed by atoms with van der Waals surface area (Å²) < 4.78 is 6.60. The molecule has 30 heavy (non-hydrogen) atoms. The number of amides is 1. The van der Waals surface area contributed by atoms with Gasteiger partial charge in [0, 0.05) is 17.9 Å². The number of fused-ring (bicyclic) bond motifs is 2. The van der Waals surface area contributed by atoms with Gasteiger partial charge in [-0.3, -0.25) is 9.69 Å². The molecule has 0 N–H and O–H groups in total. The first kappa shape index (κ1) is 21.3. The predicted molar refractivity (Wildman–Crippen MR) is 127 cm³/mol. The molecule has 2 aliphatic rings. The monoisotopic (exact) mass is 421 g/mol. The van der Waals surface area contributed by atoms with Gasteiger partial charge in [0.15, 0.2) is 5.60 Å². The summed E-state index contributed by atoms with van der Waals surface area (Å²) in [6.07, 6.45) is 0.812. The van der Waals surface area contributed by atoms with Crippen LogP contribution in [-0.4, -0.2) is 20.6 Å². The van der Waals surface area contributed by atoms with Crippen molar-refractivity contribution >= 4 is 25.4 Å². The molecule has 0 aliphatic carbocycles. The molecule has 0 unspecified atom stereocenters. The van der Waals surface area contributed by atoms with E-state index in [-0.39, 0.29) is 5.91 Å². The van der Waals surface area contributed by atoms with Gasteiger partial charge in [-0.15, -0.1) is 0 Å². The van der Waals surface area contributed by atoms with Crippen LogP contribution < -0.4 is 4.90 Å². The van der Waals surface area contributed by atoms with Gasteiger partial charge in [0.2, 0.25) is 0 Å². The highest BCUT2D eigenvalue weighted by atomic mass is 28.3. The van der Waals surface area contributed by atoms with Crippen LogP contribution >= 0.6 is 0 Å². The molecule has 2 aromatic rings. The topological polar surface area (TPSA) is 29.5 Å². The van der Waals surface area contributed by atoms with Gasteiger partial charge in [0.25, 0.3) is 5.91 Å². The van der Waals surface area contributed by atoms with Crippen LogP contribution in [0.25, 0.3) is 0 Å². The van der Waals surface area contributed by atoms with Crippen LogP contribution in [-0.2, 0) is 15.1 Å². The summed E-state index contributed by atoms with van der Waals surface area (Å²) in [5.41, 5.74) is 4.52. The Morgan fingerprint density at radius 2 is 1.47 bits per heavy atom. The Morgan fingerprint density at radius 3 is 2.07 bits per heavy atom. The molecule has 0 aromatic heterocycles. The molecule has 2 heterocycles. The van der Waals surface area contributed by atoms with E-state index in [0.29, 0.717) is 28.8 Å². The Kier molecular flexibility index (Phi) is 5.44. The molecule has 1 amide bonds. The highest BCUT2D eigenvalue weighted by molar-refractivity contribution is 6.85. The number of carbonyl (C=O) groups is 1. The smallest absolute Gasteiger partial charge is 0.268 e. The van der Waals surface area contributed by atoms with E-state index in [2.05, 4.69) is 53.7 Å². The summed E-state index contributed by atoms with van der Waals surface area (Å²) in [5.74, 6) is 0.0802. The maximum Gasteiger partial charge on any atom is 0.268 e. The highest BCUT2D eigenvalue weighted by Gasteiger charge is 2.61. The molecule has 160 valence electrons. The second-order valence-electron chi connectivity index (χ2n) is 10.00. The molecule has 1 spiro atoms. The van der Waals surface area contributed by atoms with Crippen molar-refractivity contribution in [3.8, 4) is 0 Å². The van der Waals surface area contributed by atoms with Gasteiger partial charge in [0.05, 0.1) is 13.8 Å². The average molecular weight is 422 g/mol. The summed E-state index contributed by atoms with van der Waals surface area (Å²) in [7, 11) is -1.74. The Labute approximate surface area is 182 Å². The van der Waals surface area contributed by atoms with Crippen LogP contribution in [0.3, 0.4) is 0 Å². The maximum atomic E-state index is 14.0. The van der Waals surface area contributed by atoms with Crippen molar-refractivity contribution in [2.24, 2.45) is 0 Å². The van der Waals surface area contributed by atoms with Gasteiger partial charge in [-0.05, 0) is 30.2 Å². The van der Waals surface area contributed by atoms with E-state index in [1.165, 1.54) is 0 Å². The van der Waals surface area contributed by atoms with Crippen LogP contribution in [0.15, 0.2) is 54.6 Å². The van der Waals surface area contributed by atoms with E-state index in [1.54, 1.807) is 0 Å². The fourth-order valence-corrected chi connectivity index (χ4v) is 14.9. The molecule has 2 atom stereocenters. The first-order valence-corrected chi connectivity index (χ1v) is 13.7. The SMILES string of the molecule is CC(C)[Si](C(C)C)(C(C)C)[C@H]1CO[C@]2(C1)C(=O)N(c1ccccc1)c1ccccc12. The number of nitrogens with zero attached hydrogens (tertiary/aromatic N) is 1. The first-order valence-electron chi connectivity index (χ1n) is 11.4. The molecule has 2 aliphatic heterocycles. The first-order chi connectivity index (χ1) is 14.3. The Bertz CT molecular complexity index is 902. The largest absolute Gasteiger partial charge is 0.360 e. The number of anilines is 2. The molecule has 0 bridgehead atoms. The van der Waals surface area contributed by atoms with E-state index in [1.807, 2.05) is 47.4 Å². The van der Waals surface area contributed by atoms with Crippen LogP contribution in [0.2, 0.25) is 22.2 Å². The average Bonchev–Trinajstić information content (AvgIpc) is 3.24. The lowest BCUT2D eigenvalue weighted by atomic mass is 9.92. The third-order valence-corrected chi connectivity index (χ3v) is 15.7. The van der Waals surface area contributed by atoms with E-state index in [0.717, 1.165) is 23.4 Å². The number of carbonyl (C=O) groups excluding carboxylic acids is 1. The molecule has 0 radical (unpaired) electrons. The van der Waals surface area contributed by atoms with Crippen molar-refractivity contribution in [3.05, 3.63) is 60.2 Å². The van der Waals surface area contributed by atoms with Crippen LogP contribution in [0.4, 0.5) is 11.4 Å². The Hall–Kier alpha value is -1.91. The van der Waals surface area contributed by atoms with Crippen molar-refractivity contribution < 1.29 is 9.53 Å². The Morgan fingerprint density at radius 1 is 0.900 bits per heavy atom. The Balaban J connectivity index is 1.80. The van der Waals surface area contributed by atoms with Gasteiger partial charge in [-0.25, -0.2) is 0 Å². The fraction of sp³-hybridized carbons (Fsp3) is 0.500. The number of hydrogen-bond acceptors (Lipinski definition) is 2. The third-order valence-electron chi connectivity index (χ3n) is 7.91. The van der Waals surface area contributed by atoms with Crippen molar-refractivity contribution in [1.29, 1.82) is 0 Å². The number of para-hydroxylation sites is 2. The van der Waals surface area contributed by atoms with Crippen molar-refractivity contribution in [1.82, 2.24) is 0 Å². The molecule has 1 fully saturated rings. The predicted octanol–water partition coefficient (Wildman–Crippen LogP) is 7.03. The molecule has 2 aromatic carbocycles. The van der Waals surface area contributed by atoms with Crippen LogP contribution in [0, 0.1) is 0 Å². The van der Waals surface area contributed by atoms with Gasteiger partial charge in [-0.1, -0.05) is 94.6 Å². The van der Waals surface area contributed by atoms with Gasteiger partial charge in [0.1, 0.15) is 0 Å². The van der Waals surface area contributed by atoms with Gasteiger partial charge < -0.3 is 4.74 Å². The number of ether oxygens (including phenoxy) is 1. The standard InChI is InChI=1S/C26H35NO2Si/c1-18(2)30(19(3)4,20(5)6)22-16-26(29-17-22)23-14-10-11-15-24(23)27(25(26)28)21-12-8-7-9-13-21/h7-15,18-20,22H,16-17H2,1-6H3/t22-,26+/m1/s1. The second kappa shape index (κ2) is 7.65. The van der Waals surface area contributed by atoms with E-state index >= 15 is 0 Å². The minimum Gasteiger partial charge on any atom is -0.360 e. The zero-order chi connectivity index (χ0) is 21.7. The van der Waals surface area contributed by atoms with Gasteiger partial charge in [-0.2, -0.15) is 0 Å². The maximum absolute atomic E-state index is 14.0. The second-order valence-corrected chi connectivity index (χ2v) is 16.3. The summed E-state index contributed by atoms with van der Waals surface area (Å²) in [6, 6.07) is 18.2. The van der Waals surface area contributed by atoms with E-state index in [4.69, 9.17) is 4.74 Å². The van der Waals surface area contributed by atoms with Crippen molar-refractivity contribution in [2.75, 3.05) is 11.5 Å². The number of hydrogen-bond donors (Lipinski definition) is 0. The zero-order valence-corrected chi connectivity index (χ0v) is 20.2. The molecule has 4 heteroatoms.